The molecule has 0 saturated carbocycles. The standard InChI is InChI=1S/C23H27ClN6O2/c1-31-19-13-20(32-2)18(12-17(19)24)28-22-21(25)23(27-15-26-22)30-10-8-29(9-11-30)14-16-6-4-3-5-7-16/h3-7,12-13,15H,8-11,14,25H2,1-2H3,(H,26,27,28). The van der Waals surface area contributed by atoms with Crippen molar-refractivity contribution < 1.29 is 9.47 Å². The zero-order valence-corrected chi connectivity index (χ0v) is 19.0. The molecule has 8 nitrogen and oxygen atoms in total. The number of benzene rings is 2. The lowest BCUT2D eigenvalue weighted by Crippen LogP contribution is -2.46. The van der Waals surface area contributed by atoms with Crippen molar-refractivity contribution in [3.8, 4) is 11.5 Å². The topological polar surface area (TPSA) is 88.8 Å². The Morgan fingerprint density at radius 1 is 1.00 bits per heavy atom. The van der Waals surface area contributed by atoms with E-state index in [9.17, 15) is 0 Å². The summed E-state index contributed by atoms with van der Waals surface area (Å²) in [4.78, 5) is 13.4. The highest BCUT2D eigenvalue weighted by atomic mass is 35.5. The van der Waals surface area contributed by atoms with Crippen LogP contribution in [0.25, 0.3) is 0 Å². The zero-order valence-electron chi connectivity index (χ0n) is 18.2. The van der Waals surface area contributed by atoms with Crippen LogP contribution in [0.5, 0.6) is 11.5 Å². The Morgan fingerprint density at radius 2 is 1.72 bits per heavy atom. The highest BCUT2D eigenvalue weighted by molar-refractivity contribution is 6.32. The van der Waals surface area contributed by atoms with Gasteiger partial charge in [0.25, 0.3) is 0 Å². The fourth-order valence-corrected chi connectivity index (χ4v) is 4.02. The number of nitrogens with zero attached hydrogens (tertiary/aromatic N) is 4. The number of nitrogen functional groups attached to an aromatic ring is 1. The molecule has 168 valence electrons. The van der Waals surface area contributed by atoms with Crippen LogP contribution in [-0.4, -0.2) is 55.3 Å². The lowest BCUT2D eigenvalue weighted by Gasteiger charge is -2.36. The molecule has 0 bridgehead atoms. The average Bonchev–Trinajstić information content (AvgIpc) is 2.82. The first-order valence-electron chi connectivity index (χ1n) is 10.4. The second-order valence-corrected chi connectivity index (χ2v) is 7.93. The molecule has 1 aliphatic rings. The molecule has 1 fully saturated rings. The summed E-state index contributed by atoms with van der Waals surface area (Å²) >= 11 is 6.29. The molecular weight excluding hydrogens is 428 g/mol. The molecule has 4 rings (SSSR count). The SMILES string of the molecule is COc1cc(OC)c(Nc2ncnc(N3CCN(Cc4ccccc4)CC3)c2N)cc1Cl. The fraction of sp³-hybridized carbons (Fsp3) is 0.304. The number of nitrogens with one attached hydrogen (secondary N) is 1. The predicted octanol–water partition coefficient (Wildman–Crippen LogP) is 3.80. The molecule has 0 atom stereocenters. The number of aromatic nitrogens is 2. The van der Waals surface area contributed by atoms with Gasteiger partial charge in [-0.2, -0.15) is 0 Å². The molecule has 32 heavy (non-hydrogen) atoms. The van der Waals surface area contributed by atoms with E-state index < -0.39 is 0 Å². The van der Waals surface area contributed by atoms with Gasteiger partial charge in [-0.25, -0.2) is 9.97 Å². The van der Waals surface area contributed by atoms with Crippen LogP contribution in [0, 0.1) is 0 Å². The monoisotopic (exact) mass is 454 g/mol. The Kier molecular flexibility index (Phi) is 6.82. The molecular formula is C23H27ClN6O2. The third-order valence-electron chi connectivity index (χ3n) is 5.51. The van der Waals surface area contributed by atoms with Crippen LogP contribution in [0.1, 0.15) is 5.56 Å². The summed E-state index contributed by atoms with van der Waals surface area (Å²) in [5, 5.41) is 3.68. The molecule has 0 amide bonds. The predicted molar refractivity (Wildman–Crippen MR) is 128 cm³/mol. The molecule has 9 heteroatoms. The van der Waals surface area contributed by atoms with E-state index in [1.165, 1.54) is 11.9 Å². The number of rotatable bonds is 7. The van der Waals surface area contributed by atoms with Gasteiger partial charge in [0, 0.05) is 38.8 Å². The molecule has 1 aromatic heterocycles. The maximum Gasteiger partial charge on any atom is 0.159 e. The van der Waals surface area contributed by atoms with Gasteiger partial charge >= 0.3 is 0 Å². The maximum absolute atomic E-state index is 6.46. The van der Waals surface area contributed by atoms with Gasteiger partial charge in [0.05, 0.1) is 24.9 Å². The molecule has 0 spiro atoms. The van der Waals surface area contributed by atoms with E-state index in [2.05, 4.69) is 49.4 Å². The van der Waals surface area contributed by atoms with Crippen LogP contribution in [0.2, 0.25) is 5.02 Å². The summed E-state index contributed by atoms with van der Waals surface area (Å²) in [6.07, 6.45) is 1.52. The fourth-order valence-electron chi connectivity index (χ4n) is 3.78. The van der Waals surface area contributed by atoms with Crippen LogP contribution >= 0.6 is 11.6 Å². The number of hydrogen-bond acceptors (Lipinski definition) is 8. The van der Waals surface area contributed by atoms with Gasteiger partial charge in [-0.15, -0.1) is 0 Å². The van der Waals surface area contributed by atoms with Crippen LogP contribution in [-0.2, 0) is 6.54 Å². The molecule has 0 radical (unpaired) electrons. The van der Waals surface area contributed by atoms with E-state index in [-0.39, 0.29) is 0 Å². The van der Waals surface area contributed by atoms with Crippen LogP contribution < -0.4 is 25.4 Å². The van der Waals surface area contributed by atoms with Gasteiger partial charge < -0.3 is 25.4 Å². The molecule has 0 aliphatic carbocycles. The van der Waals surface area contributed by atoms with Crippen molar-refractivity contribution in [2.75, 3.05) is 56.3 Å². The Balaban J connectivity index is 1.47. The minimum absolute atomic E-state index is 0.457. The Bertz CT molecular complexity index is 1060. The lowest BCUT2D eigenvalue weighted by molar-refractivity contribution is 0.249. The first-order chi connectivity index (χ1) is 15.6. The molecule has 1 aliphatic heterocycles. The minimum Gasteiger partial charge on any atom is -0.495 e. The number of methoxy groups -OCH3 is 2. The van der Waals surface area contributed by atoms with Gasteiger partial charge in [0.15, 0.2) is 11.6 Å². The largest absolute Gasteiger partial charge is 0.495 e. The van der Waals surface area contributed by atoms with E-state index in [1.807, 2.05) is 6.07 Å². The van der Waals surface area contributed by atoms with Gasteiger partial charge in [-0.1, -0.05) is 41.9 Å². The van der Waals surface area contributed by atoms with Crippen molar-refractivity contribution in [3.63, 3.8) is 0 Å². The lowest BCUT2D eigenvalue weighted by atomic mass is 10.2. The third-order valence-corrected chi connectivity index (χ3v) is 5.81. The van der Waals surface area contributed by atoms with E-state index in [4.69, 9.17) is 26.8 Å². The Hall–Kier alpha value is -3.23. The summed E-state index contributed by atoms with van der Waals surface area (Å²) < 4.78 is 10.7. The van der Waals surface area contributed by atoms with Gasteiger partial charge in [-0.05, 0) is 11.6 Å². The minimum atomic E-state index is 0.457. The summed E-state index contributed by atoms with van der Waals surface area (Å²) in [5.41, 5.74) is 8.91. The Morgan fingerprint density at radius 3 is 2.41 bits per heavy atom. The van der Waals surface area contributed by atoms with Crippen LogP contribution in [0.15, 0.2) is 48.8 Å². The molecule has 0 unspecified atom stereocenters. The molecule has 1 saturated heterocycles. The van der Waals surface area contributed by atoms with Crippen molar-refractivity contribution >= 4 is 34.6 Å². The summed E-state index contributed by atoms with van der Waals surface area (Å²) in [6.45, 7) is 4.49. The molecule has 3 aromatic rings. The normalized spacial score (nSPS) is 14.3. The molecule has 3 N–H and O–H groups in total. The van der Waals surface area contributed by atoms with Gasteiger partial charge in [0.1, 0.15) is 23.5 Å². The first kappa shape index (κ1) is 22.0. The average molecular weight is 455 g/mol. The molecule has 2 aromatic carbocycles. The highest BCUT2D eigenvalue weighted by Crippen LogP contribution is 2.38. The van der Waals surface area contributed by atoms with Gasteiger partial charge in [-0.3, -0.25) is 4.90 Å². The van der Waals surface area contributed by atoms with E-state index >= 15 is 0 Å². The number of ether oxygens (including phenoxy) is 2. The number of halogens is 1. The highest BCUT2D eigenvalue weighted by Gasteiger charge is 2.22. The van der Waals surface area contributed by atoms with E-state index in [0.717, 1.165) is 38.5 Å². The van der Waals surface area contributed by atoms with Crippen LogP contribution in [0.4, 0.5) is 23.0 Å². The van der Waals surface area contributed by atoms with Crippen molar-refractivity contribution in [2.24, 2.45) is 0 Å². The number of hydrogen-bond donors (Lipinski definition) is 2. The summed E-state index contributed by atoms with van der Waals surface area (Å²) in [7, 11) is 3.14. The third kappa shape index (κ3) is 4.81. The maximum atomic E-state index is 6.46. The Labute approximate surface area is 192 Å². The van der Waals surface area contributed by atoms with Crippen molar-refractivity contribution in [3.05, 3.63) is 59.4 Å². The van der Waals surface area contributed by atoms with Crippen molar-refractivity contribution in [1.29, 1.82) is 0 Å². The zero-order chi connectivity index (χ0) is 22.5. The number of piperazine rings is 1. The van der Waals surface area contributed by atoms with Gasteiger partial charge in [0.2, 0.25) is 0 Å². The summed E-state index contributed by atoms with van der Waals surface area (Å²) in [6, 6.07) is 14.0. The number of nitrogens with two attached hydrogens (primary N) is 1. The first-order valence-corrected chi connectivity index (χ1v) is 10.8. The smallest absolute Gasteiger partial charge is 0.159 e. The quantitative estimate of drug-likeness (QED) is 0.557. The summed E-state index contributed by atoms with van der Waals surface area (Å²) in [5.74, 6) is 2.32. The number of anilines is 4. The molecule has 2 heterocycles. The van der Waals surface area contributed by atoms with Crippen molar-refractivity contribution in [1.82, 2.24) is 14.9 Å². The second-order valence-electron chi connectivity index (χ2n) is 7.52. The van der Waals surface area contributed by atoms with Crippen molar-refractivity contribution in [2.45, 2.75) is 6.54 Å². The second kappa shape index (κ2) is 9.93. The van der Waals surface area contributed by atoms with E-state index in [0.29, 0.717) is 33.7 Å². The van der Waals surface area contributed by atoms with E-state index in [1.54, 1.807) is 26.4 Å². The van der Waals surface area contributed by atoms with Crippen LogP contribution in [0.3, 0.4) is 0 Å².